The molecule has 0 bridgehead atoms. The Morgan fingerprint density at radius 2 is 1.94 bits per heavy atom. The Bertz CT molecular complexity index is 187. The summed E-state index contributed by atoms with van der Waals surface area (Å²) in [6, 6.07) is 0. The first-order valence-electron chi connectivity index (χ1n) is 6.25. The van der Waals surface area contributed by atoms with E-state index >= 15 is 0 Å². The number of hydrogen-bond acceptors (Lipinski definition) is 4. The third kappa shape index (κ3) is 11.8. The molecule has 0 heterocycles. The van der Waals surface area contributed by atoms with Gasteiger partial charge in [-0.3, -0.25) is 0 Å². The zero-order chi connectivity index (χ0) is 12.9. The van der Waals surface area contributed by atoms with Gasteiger partial charge in [-0.05, 0) is 13.3 Å². The Balaban J connectivity index is 3.27. The molecule has 1 atom stereocenters. The molecule has 17 heavy (non-hydrogen) atoms. The van der Waals surface area contributed by atoms with Crippen LogP contribution in [-0.4, -0.2) is 31.5 Å². The highest BCUT2D eigenvalue weighted by Gasteiger charge is 2.11. The molecule has 0 amide bonds. The van der Waals surface area contributed by atoms with E-state index in [9.17, 15) is 4.79 Å². The second-order valence-electron chi connectivity index (χ2n) is 3.67. The monoisotopic (exact) mass is 266 g/mol. The van der Waals surface area contributed by atoms with Crippen LogP contribution in [0.4, 0.5) is 4.79 Å². The normalized spacial score (nSPS) is 12.2. The van der Waals surface area contributed by atoms with Gasteiger partial charge >= 0.3 is 6.16 Å². The van der Waals surface area contributed by atoms with E-state index in [1.807, 2.05) is 0 Å². The largest absolute Gasteiger partial charge is 0.509 e. The molecule has 102 valence electrons. The Morgan fingerprint density at radius 3 is 2.59 bits per heavy atom. The molecule has 0 aliphatic carbocycles. The Hall–Kier alpha value is -0.480. The first-order valence-corrected chi connectivity index (χ1v) is 6.69. The number of rotatable bonds is 10. The average Bonchev–Trinajstić information content (AvgIpc) is 2.28. The smallest absolute Gasteiger partial charge is 0.435 e. The van der Waals surface area contributed by atoms with Gasteiger partial charge in [0.15, 0.2) is 5.56 Å². The SMILES string of the molecule is CCCCCCOCCC(Cl)OC(=O)OCC. The predicted molar refractivity (Wildman–Crippen MR) is 67.3 cm³/mol. The number of alkyl halides is 1. The van der Waals surface area contributed by atoms with Gasteiger partial charge < -0.3 is 14.2 Å². The van der Waals surface area contributed by atoms with Gasteiger partial charge in [0.05, 0.1) is 13.2 Å². The fourth-order valence-corrected chi connectivity index (χ4v) is 1.39. The second-order valence-corrected chi connectivity index (χ2v) is 4.16. The molecule has 0 rings (SSSR count). The van der Waals surface area contributed by atoms with Crippen molar-refractivity contribution in [3.8, 4) is 0 Å². The van der Waals surface area contributed by atoms with E-state index in [4.69, 9.17) is 21.1 Å². The van der Waals surface area contributed by atoms with Crippen LogP contribution in [0.5, 0.6) is 0 Å². The van der Waals surface area contributed by atoms with E-state index in [1.165, 1.54) is 19.3 Å². The summed E-state index contributed by atoms with van der Waals surface area (Å²) in [5, 5.41) is 0. The second kappa shape index (κ2) is 12.0. The van der Waals surface area contributed by atoms with Crippen LogP contribution in [0.3, 0.4) is 0 Å². The van der Waals surface area contributed by atoms with E-state index in [2.05, 4.69) is 11.7 Å². The summed E-state index contributed by atoms with van der Waals surface area (Å²) in [4.78, 5) is 10.9. The van der Waals surface area contributed by atoms with Crippen LogP contribution in [0.15, 0.2) is 0 Å². The molecule has 0 aliphatic heterocycles. The fraction of sp³-hybridized carbons (Fsp3) is 0.917. The van der Waals surface area contributed by atoms with Gasteiger partial charge in [-0.15, -0.1) is 0 Å². The third-order valence-corrected chi connectivity index (χ3v) is 2.42. The first kappa shape index (κ1) is 16.5. The minimum Gasteiger partial charge on any atom is -0.435 e. The van der Waals surface area contributed by atoms with E-state index in [-0.39, 0.29) is 6.61 Å². The van der Waals surface area contributed by atoms with Gasteiger partial charge in [0, 0.05) is 13.0 Å². The molecule has 0 radical (unpaired) electrons. The summed E-state index contributed by atoms with van der Waals surface area (Å²) in [6.07, 6.45) is 4.48. The van der Waals surface area contributed by atoms with Crippen molar-refractivity contribution in [1.82, 2.24) is 0 Å². The first-order chi connectivity index (χ1) is 8.20. The minimum atomic E-state index is -0.726. The van der Waals surface area contributed by atoms with Crippen LogP contribution in [0.1, 0.15) is 46.0 Å². The maximum Gasteiger partial charge on any atom is 0.509 e. The van der Waals surface area contributed by atoms with Crippen LogP contribution in [0.2, 0.25) is 0 Å². The molecule has 0 spiro atoms. The van der Waals surface area contributed by atoms with Crippen molar-refractivity contribution < 1.29 is 19.0 Å². The maximum absolute atomic E-state index is 10.9. The number of hydrogen-bond donors (Lipinski definition) is 0. The lowest BCUT2D eigenvalue weighted by Gasteiger charge is -2.10. The molecule has 1 unspecified atom stereocenters. The molecule has 0 saturated carbocycles. The van der Waals surface area contributed by atoms with Gasteiger partial charge in [-0.2, -0.15) is 0 Å². The van der Waals surface area contributed by atoms with Crippen LogP contribution < -0.4 is 0 Å². The molecule has 0 saturated heterocycles. The summed E-state index contributed by atoms with van der Waals surface area (Å²) in [6.45, 7) is 5.41. The molecular weight excluding hydrogens is 244 g/mol. The van der Waals surface area contributed by atoms with Crippen molar-refractivity contribution in [2.45, 2.75) is 51.5 Å². The zero-order valence-electron chi connectivity index (χ0n) is 10.7. The molecule has 4 nitrogen and oxygen atoms in total. The topological polar surface area (TPSA) is 44.8 Å². The molecule has 0 aromatic rings. The predicted octanol–water partition coefficient (Wildman–Crippen LogP) is 3.71. The van der Waals surface area contributed by atoms with Crippen molar-refractivity contribution in [2.75, 3.05) is 19.8 Å². The fourth-order valence-electron chi connectivity index (χ4n) is 1.22. The highest BCUT2D eigenvalue weighted by atomic mass is 35.5. The summed E-state index contributed by atoms with van der Waals surface area (Å²) in [5.74, 6) is 0. The van der Waals surface area contributed by atoms with Crippen molar-refractivity contribution in [3.05, 3.63) is 0 Å². The summed E-state index contributed by atoms with van der Waals surface area (Å²) in [5.41, 5.74) is -0.676. The van der Waals surface area contributed by atoms with Crippen molar-refractivity contribution in [3.63, 3.8) is 0 Å². The summed E-state index contributed by atoms with van der Waals surface area (Å²) in [7, 11) is 0. The van der Waals surface area contributed by atoms with Gasteiger partial charge in [0.1, 0.15) is 0 Å². The zero-order valence-corrected chi connectivity index (χ0v) is 11.5. The number of carbonyl (C=O) groups is 1. The summed E-state index contributed by atoms with van der Waals surface area (Å²) >= 11 is 5.77. The molecule has 0 aromatic carbocycles. The number of ether oxygens (including phenoxy) is 3. The highest BCUT2D eigenvalue weighted by Crippen LogP contribution is 2.06. The quantitative estimate of drug-likeness (QED) is 0.343. The van der Waals surface area contributed by atoms with Gasteiger partial charge in [-0.1, -0.05) is 37.8 Å². The van der Waals surface area contributed by atoms with Crippen LogP contribution >= 0.6 is 11.6 Å². The lowest BCUT2D eigenvalue weighted by atomic mass is 10.2. The highest BCUT2D eigenvalue weighted by molar-refractivity contribution is 6.20. The lowest BCUT2D eigenvalue weighted by Crippen LogP contribution is -2.16. The molecule has 5 heteroatoms. The Morgan fingerprint density at radius 1 is 1.18 bits per heavy atom. The Kier molecular flexibility index (Phi) is 11.7. The average molecular weight is 267 g/mol. The van der Waals surface area contributed by atoms with Crippen LogP contribution in [-0.2, 0) is 14.2 Å². The molecule has 0 fully saturated rings. The van der Waals surface area contributed by atoms with E-state index < -0.39 is 11.7 Å². The number of carbonyl (C=O) groups excluding carboxylic acids is 1. The molecular formula is C12H23ClO4. The van der Waals surface area contributed by atoms with Crippen LogP contribution in [0, 0.1) is 0 Å². The number of halogens is 1. The molecule has 0 N–H and O–H groups in total. The van der Waals surface area contributed by atoms with Gasteiger partial charge in [0.25, 0.3) is 0 Å². The van der Waals surface area contributed by atoms with Crippen molar-refractivity contribution in [2.24, 2.45) is 0 Å². The van der Waals surface area contributed by atoms with Gasteiger partial charge in [-0.25, -0.2) is 4.79 Å². The minimum absolute atomic E-state index is 0.288. The van der Waals surface area contributed by atoms with E-state index in [1.54, 1.807) is 6.92 Å². The van der Waals surface area contributed by atoms with E-state index in [0.29, 0.717) is 13.0 Å². The van der Waals surface area contributed by atoms with Crippen molar-refractivity contribution >= 4 is 17.8 Å². The number of unbranched alkanes of at least 4 members (excludes halogenated alkanes) is 3. The van der Waals surface area contributed by atoms with E-state index in [0.717, 1.165) is 13.0 Å². The summed E-state index contributed by atoms with van der Waals surface area (Å²) < 4.78 is 14.7. The van der Waals surface area contributed by atoms with Crippen molar-refractivity contribution in [1.29, 1.82) is 0 Å². The molecule has 0 aromatic heterocycles. The maximum atomic E-state index is 10.9. The third-order valence-electron chi connectivity index (χ3n) is 2.12. The standard InChI is InChI=1S/C12H23ClO4/c1-3-5-6-7-9-15-10-8-11(13)17-12(14)16-4-2/h11H,3-10H2,1-2H3. The molecule has 0 aliphatic rings. The van der Waals surface area contributed by atoms with Crippen LogP contribution in [0.25, 0.3) is 0 Å². The lowest BCUT2D eigenvalue weighted by molar-refractivity contribution is 0.0360. The Labute approximate surface area is 109 Å². The van der Waals surface area contributed by atoms with Gasteiger partial charge in [0.2, 0.25) is 0 Å².